The standard InChI is InChI=1S/C10H15NO2/c1-3-8-6-9(4-5-12)11-7-10(8)13-2/h6-7,12H,3-5H2,1-2H3. The van der Waals surface area contributed by atoms with Gasteiger partial charge in [-0.3, -0.25) is 4.98 Å². The zero-order chi connectivity index (χ0) is 9.68. The molecule has 1 aromatic rings. The molecule has 0 aliphatic rings. The topological polar surface area (TPSA) is 42.4 Å². The Bertz CT molecular complexity index is 274. The van der Waals surface area contributed by atoms with Crippen molar-refractivity contribution < 1.29 is 9.84 Å². The number of aliphatic hydroxyl groups is 1. The Kier molecular flexibility index (Phi) is 3.71. The Balaban J connectivity index is 2.91. The predicted octanol–water partition coefficient (Wildman–Crippen LogP) is 1.19. The van der Waals surface area contributed by atoms with Crippen molar-refractivity contribution in [3.8, 4) is 5.75 Å². The fourth-order valence-electron chi connectivity index (χ4n) is 1.25. The maximum Gasteiger partial charge on any atom is 0.140 e. The molecule has 3 heteroatoms. The lowest BCUT2D eigenvalue weighted by Crippen LogP contribution is -1.98. The normalized spacial score (nSPS) is 10.1. The lowest BCUT2D eigenvalue weighted by molar-refractivity contribution is 0.298. The van der Waals surface area contributed by atoms with Crippen LogP contribution in [0.5, 0.6) is 5.75 Å². The Labute approximate surface area is 78.4 Å². The zero-order valence-corrected chi connectivity index (χ0v) is 8.08. The molecular formula is C10H15NO2. The second-order valence-electron chi connectivity index (χ2n) is 2.81. The smallest absolute Gasteiger partial charge is 0.140 e. The molecule has 0 aromatic carbocycles. The van der Waals surface area contributed by atoms with Gasteiger partial charge in [-0.15, -0.1) is 0 Å². The van der Waals surface area contributed by atoms with E-state index >= 15 is 0 Å². The molecule has 0 aliphatic carbocycles. The van der Waals surface area contributed by atoms with Crippen LogP contribution in [0.1, 0.15) is 18.2 Å². The summed E-state index contributed by atoms with van der Waals surface area (Å²) in [7, 11) is 1.64. The maximum atomic E-state index is 8.74. The van der Waals surface area contributed by atoms with E-state index in [1.807, 2.05) is 6.07 Å². The fourth-order valence-corrected chi connectivity index (χ4v) is 1.25. The van der Waals surface area contributed by atoms with E-state index in [1.54, 1.807) is 13.3 Å². The summed E-state index contributed by atoms with van der Waals surface area (Å²) < 4.78 is 5.14. The molecule has 72 valence electrons. The summed E-state index contributed by atoms with van der Waals surface area (Å²) in [6, 6.07) is 1.98. The molecule has 0 unspecified atom stereocenters. The first-order chi connectivity index (χ1) is 6.31. The lowest BCUT2D eigenvalue weighted by atomic mass is 10.1. The van der Waals surface area contributed by atoms with Crippen molar-refractivity contribution >= 4 is 0 Å². The summed E-state index contributed by atoms with van der Waals surface area (Å²) in [5.74, 6) is 0.823. The number of aryl methyl sites for hydroxylation is 1. The van der Waals surface area contributed by atoms with Gasteiger partial charge in [0, 0.05) is 18.7 Å². The summed E-state index contributed by atoms with van der Waals surface area (Å²) in [6.45, 7) is 2.21. The van der Waals surface area contributed by atoms with Crippen LogP contribution in [-0.4, -0.2) is 23.8 Å². The molecule has 1 aromatic heterocycles. The van der Waals surface area contributed by atoms with Crippen LogP contribution in [0.25, 0.3) is 0 Å². The molecule has 13 heavy (non-hydrogen) atoms. The first-order valence-electron chi connectivity index (χ1n) is 4.44. The van der Waals surface area contributed by atoms with E-state index in [1.165, 1.54) is 0 Å². The minimum atomic E-state index is 0.141. The van der Waals surface area contributed by atoms with Crippen LogP contribution in [-0.2, 0) is 12.8 Å². The number of nitrogens with zero attached hydrogens (tertiary/aromatic N) is 1. The molecular weight excluding hydrogens is 166 g/mol. The van der Waals surface area contributed by atoms with Crippen molar-refractivity contribution in [2.45, 2.75) is 19.8 Å². The highest BCUT2D eigenvalue weighted by Gasteiger charge is 2.02. The van der Waals surface area contributed by atoms with Crippen LogP contribution in [0.4, 0.5) is 0 Å². The van der Waals surface area contributed by atoms with Gasteiger partial charge in [-0.05, 0) is 18.1 Å². The number of rotatable bonds is 4. The van der Waals surface area contributed by atoms with Gasteiger partial charge < -0.3 is 9.84 Å². The van der Waals surface area contributed by atoms with Crippen molar-refractivity contribution in [2.75, 3.05) is 13.7 Å². The number of ether oxygens (including phenoxy) is 1. The molecule has 0 fully saturated rings. The van der Waals surface area contributed by atoms with Gasteiger partial charge in [0.2, 0.25) is 0 Å². The van der Waals surface area contributed by atoms with Gasteiger partial charge in [0.15, 0.2) is 0 Å². The van der Waals surface area contributed by atoms with Gasteiger partial charge in [-0.1, -0.05) is 6.92 Å². The highest BCUT2D eigenvalue weighted by atomic mass is 16.5. The summed E-state index contributed by atoms with van der Waals surface area (Å²) in [5, 5.41) is 8.74. The van der Waals surface area contributed by atoms with E-state index in [0.29, 0.717) is 6.42 Å². The Hall–Kier alpha value is -1.09. The van der Waals surface area contributed by atoms with E-state index in [-0.39, 0.29) is 6.61 Å². The number of methoxy groups -OCH3 is 1. The molecule has 0 aliphatic heterocycles. The second-order valence-corrected chi connectivity index (χ2v) is 2.81. The number of hydrogen-bond donors (Lipinski definition) is 1. The van der Waals surface area contributed by atoms with Crippen LogP contribution >= 0.6 is 0 Å². The van der Waals surface area contributed by atoms with Crippen LogP contribution in [0.2, 0.25) is 0 Å². The van der Waals surface area contributed by atoms with E-state index in [4.69, 9.17) is 9.84 Å². The largest absolute Gasteiger partial charge is 0.495 e. The highest BCUT2D eigenvalue weighted by molar-refractivity contribution is 5.32. The molecule has 0 atom stereocenters. The van der Waals surface area contributed by atoms with Crippen molar-refractivity contribution in [3.63, 3.8) is 0 Å². The zero-order valence-electron chi connectivity index (χ0n) is 8.08. The maximum absolute atomic E-state index is 8.74. The second kappa shape index (κ2) is 4.82. The Morgan fingerprint density at radius 3 is 2.85 bits per heavy atom. The van der Waals surface area contributed by atoms with Gasteiger partial charge in [-0.2, -0.15) is 0 Å². The molecule has 0 radical (unpaired) electrons. The Morgan fingerprint density at radius 1 is 1.54 bits per heavy atom. The van der Waals surface area contributed by atoms with Crippen molar-refractivity contribution in [2.24, 2.45) is 0 Å². The van der Waals surface area contributed by atoms with Gasteiger partial charge in [-0.25, -0.2) is 0 Å². The van der Waals surface area contributed by atoms with Crippen LogP contribution in [0.3, 0.4) is 0 Å². The van der Waals surface area contributed by atoms with Crippen molar-refractivity contribution in [1.82, 2.24) is 4.98 Å². The molecule has 0 bridgehead atoms. The third-order valence-electron chi connectivity index (χ3n) is 1.97. The first kappa shape index (κ1) is 9.99. The van der Waals surface area contributed by atoms with E-state index < -0.39 is 0 Å². The lowest BCUT2D eigenvalue weighted by Gasteiger charge is -2.07. The van der Waals surface area contributed by atoms with Crippen LogP contribution in [0.15, 0.2) is 12.3 Å². The minimum absolute atomic E-state index is 0.141. The molecule has 0 saturated heterocycles. The summed E-state index contributed by atoms with van der Waals surface area (Å²) >= 11 is 0. The highest BCUT2D eigenvalue weighted by Crippen LogP contribution is 2.18. The molecule has 1 N–H and O–H groups in total. The molecule has 0 amide bonds. The molecule has 0 spiro atoms. The molecule has 1 heterocycles. The average molecular weight is 181 g/mol. The van der Waals surface area contributed by atoms with E-state index in [2.05, 4.69) is 11.9 Å². The third-order valence-corrected chi connectivity index (χ3v) is 1.97. The summed E-state index contributed by atoms with van der Waals surface area (Å²) in [6.07, 6.45) is 3.24. The third kappa shape index (κ3) is 2.42. The van der Waals surface area contributed by atoms with Gasteiger partial charge in [0.25, 0.3) is 0 Å². The predicted molar refractivity (Wildman–Crippen MR) is 51.0 cm³/mol. The SMILES string of the molecule is CCc1cc(CCO)ncc1OC. The quantitative estimate of drug-likeness (QED) is 0.758. The summed E-state index contributed by atoms with van der Waals surface area (Å²) in [4.78, 5) is 4.16. The van der Waals surface area contributed by atoms with Gasteiger partial charge in [0.05, 0.1) is 13.3 Å². The van der Waals surface area contributed by atoms with Crippen molar-refractivity contribution in [3.05, 3.63) is 23.5 Å². The van der Waals surface area contributed by atoms with Gasteiger partial charge in [0.1, 0.15) is 5.75 Å². The summed E-state index contributed by atoms with van der Waals surface area (Å²) in [5.41, 5.74) is 2.06. The minimum Gasteiger partial charge on any atom is -0.495 e. The number of pyridine rings is 1. The van der Waals surface area contributed by atoms with Crippen molar-refractivity contribution in [1.29, 1.82) is 0 Å². The van der Waals surface area contributed by atoms with E-state index in [9.17, 15) is 0 Å². The number of aliphatic hydroxyl groups excluding tert-OH is 1. The number of aromatic nitrogens is 1. The fraction of sp³-hybridized carbons (Fsp3) is 0.500. The average Bonchev–Trinajstić information content (AvgIpc) is 2.18. The molecule has 0 saturated carbocycles. The molecule has 1 rings (SSSR count). The van der Waals surface area contributed by atoms with E-state index in [0.717, 1.165) is 23.4 Å². The van der Waals surface area contributed by atoms with Crippen LogP contribution in [0, 0.1) is 0 Å². The Morgan fingerprint density at radius 2 is 2.31 bits per heavy atom. The number of hydrogen-bond acceptors (Lipinski definition) is 3. The van der Waals surface area contributed by atoms with Crippen LogP contribution < -0.4 is 4.74 Å². The molecule has 3 nitrogen and oxygen atoms in total. The van der Waals surface area contributed by atoms with Gasteiger partial charge >= 0.3 is 0 Å². The monoisotopic (exact) mass is 181 g/mol. The first-order valence-corrected chi connectivity index (χ1v) is 4.44.